The van der Waals surface area contributed by atoms with Gasteiger partial charge in [-0.25, -0.2) is 9.78 Å². The zero-order valence-corrected chi connectivity index (χ0v) is 12.2. The maximum Gasteiger partial charge on any atom is 0.349 e. The van der Waals surface area contributed by atoms with E-state index in [4.69, 9.17) is 9.47 Å². The van der Waals surface area contributed by atoms with E-state index in [2.05, 4.69) is 4.98 Å². The Morgan fingerprint density at radius 1 is 1.00 bits per heavy atom. The van der Waals surface area contributed by atoms with Gasteiger partial charge in [-0.15, -0.1) is 0 Å². The number of aromatic nitrogens is 1. The third-order valence-corrected chi connectivity index (χ3v) is 3.15. The number of benzene rings is 2. The molecule has 0 amide bonds. The van der Waals surface area contributed by atoms with Crippen LogP contribution in [-0.2, 0) is 4.79 Å². The Morgan fingerprint density at radius 2 is 1.82 bits per heavy atom. The first-order valence-corrected chi connectivity index (χ1v) is 6.97. The molecular formula is C18H15NO3. The largest absolute Gasteiger partial charge is 0.482 e. The van der Waals surface area contributed by atoms with Crippen LogP contribution in [0.1, 0.15) is 5.69 Å². The number of para-hydroxylation sites is 2. The van der Waals surface area contributed by atoms with E-state index in [0.29, 0.717) is 17.0 Å². The van der Waals surface area contributed by atoms with Gasteiger partial charge >= 0.3 is 5.97 Å². The van der Waals surface area contributed by atoms with E-state index >= 15 is 0 Å². The van der Waals surface area contributed by atoms with Gasteiger partial charge in [0.15, 0.2) is 12.4 Å². The normalized spacial score (nSPS) is 10.4. The molecule has 1 aromatic heterocycles. The van der Waals surface area contributed by atoms with Crippen LogP contribution in [-0.4, -0.2) is 17.6 Å². The Labute approximate surface area is 128 Å². The fourth-order valence-corrected chi connectivity index (χ4v) is 2.11. The Hall–Kier alpha value is -2.88. The summed E-state index contributed by atoms with van der Waals surface area (Å²) in [5.74, 6) is 0.619. The fraction of sp³-hybridized carbons (Fsp3) is 0.111. The second-order valence-electron chi connectivity index (χ2n) is 4.86. The fourth-order valence-electron chi connectivity index (χ4n) is 2.11. The first kappa shape index (κ1) is 14.1. The van der Waals surface area contributed by atoms with E-state index in [0.717, 1.165) is 11.1 Å². The first-order valence-electron chi connectivity index (χ1n) is 6.97. The lowest BCUT2D eigenvalue weighted by Crippen LogP contribution is -2.17. The van der Waals surface area contributed by atoms with Crippen molar-refractivity contribution in [2.24, 2.45) is 0 Å². The predicted molar refractivity (Wildman–Crippen MR) is 84.1 cm³/mol. The molecule has 0 radical (unpaired) electrons. The lowest BCUT2D eigenvalue weighted by molar-refractivity contribution is -0.136. The number of aryl methyl sites for hydroxylation is 1. The third kappa shape index (κ3) is 3.23. The molecule has 0 aliphatic rings. The van der Waals surface area contributed by atoms with Crippen LogP contribution in [0.5, 0.6) is 11.5 Å². The van der Waals surface area contributed by atoms with Gasteiger partial charge < -0.3 is 9.47 Å². The minimum Gasteiger partial charge on any atom is -0.482 e. The van der Waals surface area contributed by atoms with Gasteiger partial charge in [-0.05, 0) is 31.2 Å². The van der Waals surface area contributed by atoms with Crippen molar-refractivity contribution in [3.63, 3.8) is 0 Å². The summed E-state index contributed by atoms with van der Waals surface area (Å²) < 4.78 is 10.8. The molecule has 22 heavy (non-hydrogen) atoms. The molecule has 1 heterocycles. The van der Waals surface area contributed by atoms with Crippen LogP contribution < -0.4 is 9.47 Å². The van der Waals surface area contributed by atoms with E-state index in [1.807, 2.05) is 49.4 Å². The van der Waals surface area contributed by atoms with Crippen LogP contribution in [0.15, 0.2) is 60.7 Å². The van der Waals surface area contributed by atoms with Gasteiger partial charge in [0, 0.05) is 11.1 Å². The SMILES string of the molecule is Cc1ccc2cccc(OC(=O)COc3ccccc3)c2n1. The maximum absolute atomic E-state index is 11.9. The topological polar surface area (TPSA) is 48.4 Å². The number of carbonyl (C=O) groups is 1. The van der Waals surface area contributed by atoms with Crippen LogP contribution in [0, 0.1) is 6.92 Å². The molecule has 0 saturated carbocycles. The highest BCUT2D eigenvalue weighted by atomic mass is 16.6. The number of pyridine rings is 1. The molecule has 3 aromatic rings. The van der Waals surface area contributed by atoms with Crippen molar-refractivity contribution < 1.29 is 14.3 Å². The van der Waals surface area contributed by atoms with E-state index in [1.54, 1.807) is 18.2 Å². The maximum atomic E-state index is 11.9. The van der Waals surface area contributed by atoms with Crippen molar-refractivity contribution in [2.75, 3.05) is 6.61 Å². The average Bonchev–Trinajstić information content (AvgIpc) is 2.54. The van der Waals surface area contributed by atoms with E-state index in [-0.39, 0.29) is 6.61 Å². The van der Waals surface area contributed by atoms with Gasteiger partial charge in [0.2, 0.25) is 0 Å². The Balaban J connectivity index is 1.73. The second-order valence-corrected chi connectivity index (χ2v) is 4.86. The number of nitrogens with zero attached hydrogens (tertiary/aromatic N) is 1. The molecular weight excluding hydrogens is 278 g/mol. The number of carbonyl (C=O) groups excluding carboxylic acids is 1. The Kier molecular flexibility index (Phi) is 4.01. The van der Waals surface area contributed by atoms with Crippen molar-refractivity contribution in [2.45, 2.75) is 6.92 Å². The van der Waals surface area contributed by atoms with Crippen LogP contribution in [0.3, 0.4) is 0 Å². The van der Waals surface area contributed by atoms with Gasteiger partial charge in [0.1, 0.15) is 11.3 Å². The predicted octanol–water partition coefficient (Wildman–Crippen LogP) is 3.53. The molecule has 4 heteroatoms. The van der Waals surface area contributed by atoms with E-state index in [9.17, 15) is 4.79 Å². The summed E-state index contributed by atoms with van der Waals surface area (Å²) in [5, 5.41) is 0.930. The zero-order chi connectivity index (χ0) is 15.4. The molecule has 3 rings (SSSR count). The number of rotatable bonds is 4. The molecule has 0 N–H and O–H groups in total. The van der Waals surface area contributed by atoms with Crippen LogP contribution in [0.4, 0.5) is 0 Å². The summed E-state index contributed by atoms with van der Waals surface area (Å²) in [7, 11) is 0. The molecule has 0 fully saturated rings. The molecule has 0 aliphatic heterocycles. The van der Waals surface area contributed by atoms with Crippen molar-refractivity contribution in [1.82, 2.24) is 4.98 Å². The van der Waals surface area contributed by atoms with Crippen molar-refractivity contribution in [3.05, 3.63) is 66.4 Å². The van der Waals surface area contributed by atoms with E-state index in [1.165, 1.54) is 0 Å². The first-order chi connectivity index (χ1) is 10.7. The molecule has 2 aromatic carbocycles. The molecule has 0 unspecified atom stereocenters. The summed E-state index contributed by atoms with van der Waals surface area (Å²) in [6.45, 7) is 1.75. The quantitative estimate of drug-likeness (QED) is 0.545. The minimum atomic E-state index is -0.459. The summed E-state index contributed by atoms with van der Waals surface area (Å²) in [4.78, 5) is 16.4. The zero-order valence-electron chi connectivity index (χ0n) is 12.2. The molecule has 0 bridgehead atoms. The Bertz CT molecular complexity index is 800. The van der Waals surface area contributed by atoms with Crippen molar-refractivity contribution in [1.29, 1.82) is 0 Å². The van der Waals surface area contributed by atoms with Gasteiger partial charge in [0.05, 0.1) is 0 Å². The molecule has 4 nitrogen and oxygen atoms in total. The van der Waals surface area contributed by atoms with Crippen LogP contribution in [0.25, 0.3) is 10.9 Å². The van der Waals surface area contributed by atoms with Gasteiger partial charge in [-0.2, -0.15) is 0 Å². The highest BCUT2D eigenvalue weighted by molar-refractivity contribution is 5.87. The molecule has 0 saturated heterocycles. The summed E-state index contributed by atoms with van der Waals surface area (Å²) in [6.07, 6.45) is 0. The number of fused-ring (bicyclic) bond motifs is 1. The molecule has 110 valence electrons. The summed E-state index contributed by atoms with van der Waals surface area (Å²) in [5.41, 5.74) is 1.55. The highest BCUT2D eigenvalue weighted by Crippen LogP contribution is 2.24. The van der Waals surface area contributed by atoms with Crippen molar-refractivity contribution in [3.8, 4) is 11.5 Å². The lowest BCUT2D eigenvalue weighted by atomic mass is 10.2. The minimum absolute atomic E-state index is 0.147. The Morgan fingerprint density at radius 3 is 2.64 bits per heavy atom. The third-order valence-electron chi connectivity index (χ3n) is 3.15. The summed E-state index contributed by atoms with van der Waals surface area (Å²) in [6, 6.07) is 18.5. The summed E-state index contributed by atoms with van der Waals surface area (Å²) >= 11 is 0. The van der Waals surface area contributed by atoms with Gasteiger partial charge in [-0.3, -0.25) is 0 Å². The van der Waals surface area contributed by atoms with E-state index < -0.39 is 5.97 Å². The molecule has 0 aliphatic carbocycles. The number of ether oxygens (including phenoxy) is 2. The lowest BCUT2D eigenvalue weighted by Gasteiger charge is -2.08. The number of esters is 1. The highest BCUT2D eigenvalue weighted by Gasteiger charge is 2.10. The average molecular weight is 293 g/mol. The van der Waals surface area contributed by atoms with Crippen LogP contribution in [0.2, 0.25) is 0 Å². The van der Waals surface area contributed by atoms with Crippen LogP contribution >= 0.6 is 0 Å². The standard InChI is InChI=1S/C18H15NO3/c1-13-10-11-14-6-5-9-16(18(14)19-13)22-17(20)12-21-15-7-3-2-4-8-15/h2-11H,12H2,1H3. The number of hydrogen-bond donors (Lipinski definition) is 0. The molecule has 0 atom stereocenters. The van der Waals surface area contributed by atoms with Crippen molar-refractivity contribution >= 4 is 16.9 Å². The number of hydrogen-bond acceptors (Lipinski definition) is 4. The second kappa shape index (κ2) is 6.26. The monoisotopic (exact) mass is 293 g/mol. The smallest absolute Gasteiger partial charge is 0.349 e. The van der Waals surface area contributed by atoms with Gasteiger partial charge in [-0.1, -0.05) is 36.4 Å². The van der Waals surface area contributed by atoms with Gasteiger partial charge in [0.25, 0.3) is 0 Å². The molecule has 0 spiro atoms.